The van der Waals surface area contributed by atoms with Gasteiger partial charge in [-0.05, 0) is 23.6 Å². The number of pyridine rings is 1. The maximum atomic E-state index is 11.7. The molecule has 0 aliphatic carbocycles. The third-order valence-corrected chi connectivity index (χ3v) is 3.22. The Bertz CT molecular complexity index is 495. The highest BCUT2D eigenvalue weighted by Crippen LogP contribution is 2.18. The van der Waals surface area contributed by atoms with Crippen LogP contribution in [0.2, 0.25) is 0 Å². The van der Waals surface area contributed by atoms with Gasteiger partial charge in [0, 0.05) is 24.9 Å². The highest BCUT2D eigenvalue weighted by molar-refractivity contribution is 7.12. The molecule has 0 fully saturated rings. The van der Waals surface area contributed by atoms with E-state index in [0.29, 0.717) is 17.1 Å². The van der Waals surface area contributed by atoms with Crippen LogP contribution in [0.1, 0.15) is 15.4 Å². The Morgan fingerprint density at radius 1 is 1.41 bits per heavy atom. The smallest absolute Gasteiger partial charge is 0.263 e. The number of anilines is 1. The number of amides is 1. The van der Waals surface area contributed by atoms with Crippen molar-refractivity contribution in [3.05, 3.63) is 46.4 Å². The molecule has 0 unspecified atom stereocenters. The Balaban J connectivity index is 1.84. The fraction of sp³-hybridized carbons (Fsp3) is 0.167. The first-order chi connectivity index (χ1) is 8.27. The van der Waals surface area contributed by atoms with Crippen LogP contribution in [0.5, 0.6) is 0 Å². The Hall–Kier alpha value is -1.88. The third-order valence-electron chi connectivity index (χ3n) is 2.29. The number of hydrogen-bond donors (Lipinski definition) is 2. The van der Waals surface area contributed by atoms with Gasteiger partial charge in [-0.3, -0.25) is 9.78 Å². The summed E-state index contributed by atoms with van der Waals surface area (Å²) in [5.74, 6) is -0.117. The lowest BCUT2D eigenvalue weighted by Crippen LogP contribution is -2.25. The average Bonchev–Trinajstić information content (AvgIpc) is 2.77. The zero-order valence-corrected chi connectivity index (χ0v) is 10.0. The van der Waals surface area contributed by atoms with Crippen molar-refractivity contribution >= 4 is 22.9 Å². The maximum Gasteiger partial charge on any atom is 0.263 e. The topological polar surface area (TPSA) is 68.0 Å². The Kier molecular flexibility index (Phi) is 3.72. The molecule has 1 amide bonds. The molecule has 2 aromatic heterocycles. The summed E-state index contributed by atoms with van der Waals surface area (Å²) in [6, 6.07) is 7.47. The number of aromatic nitrogens is 1. The molecule has 0 bridgehead atoms. The van der Waals surface area contributed by atoms with Gasteiger partial charge in [0.15, 0.2) is 0 Å². The van der Waals surface area contributed by atoms with Crippen molar-refractivity contribution in [1.29, 1.82) is 0 Å². The molecule has 3 N–H and O–H groups in total. The molecule has 17 heavy (non-hydrogen) atoms. The molecule has 88 valence electrons. The highest BCUT2D eigenvalue weighted by Gasteiger charge is 2.09. The van der Waals surface area contributed by atoms with E-state index in [1.54, 1.807) is 12.3 Å². The number of nitrogens with one attached hydrogen (secondary N) is 1. The maximum absolute atomic E-state index is 11.7. The van der Waals surface area contributed by atoms with Crippen molar-refractivity contribution in [3.63, 3.8) is 0 Å². The molecule has 5 heteroatoms. The molecule has 2 heterocycles. The van der Waals surface area contributed by atoms with Crippen molar-refractivity contribution in [1.82, 2.24) is 10.3 Å². The monoisotopic (exact) mass is 247 g/mol. The summed E-state index contributed by atoms with van der Waals surface area (Å²) in [6.45, 7) is 0.563. The minimum atomic E-state index is -0.117. The van der Waals surface area contributed by atoms with Crippen LogP contribution < -0.4 is 11.1 Å². The normalized spacial score (nSPS) is 10.1. The summed E-state index contributed by atoms with van der Waals surface area (Å²) in [5.41, 5.74) is 7.16. The number of rotatable bonds is 4. The van der Waals surface area contributed by atoms with Crippen LogP contribution in [0, 0.1) is 0 Å². The molecule has 0 spiro atoms. The van der Waals surface area contributed by atoms with Gasteiger partial charge < -0.3 is 11.1 Å². The molecule has 0 aromatic carbocycles. The summed E-state index contributed by atoms with van der Waals surface area (Å²) < 4.78 is 0. The molecule has 0 atom stereocenters. The summed E-state index contributed by atoms with van der Waals surface area (Å²) >= 11 is 1.35. The minimum absolute atomic E-state index is 0.117. The summed E-state index contributed by atoms with van der Waals surface area (Å²) in [5, 5.41) is 4.63. The number of carbonyl (C=O) groups excluding carboxylic acids is 1. The zero-order chi connectivity index (χ0) is 12.1. The van der Waals surface area contributed by atoms with Crippen LogP contribution in [0.4, 0.5) is 5.69 Å². The predicted molar refractivity (Wildman–Crippen MR) is 69.0 cm³/mol. The van der Waals surface area contributed by atoms with E-state index in [1.807, 2.05) is 23.6 Å². The summed E-state index contributed by atoms with van der Waals surface area (Å²) in [4.78, 5) is 16.5. The number of nitrogen functional groups attached to an aromatic ring is 1. The van der Waals surface area contributed by atoms with Gasteiger partial charge in [0.2, 0.25) is 0 Å². The van der Waals surface area contributed by atoms with Gasteiger partial charge in [-0.2, -0.15) is 0 Å². The third kappa shape index (κ3) is 3.04. The highest BCUT2D eigenvalue weighted by atomic mass is 32.1. The van der Waals surface area contributed by atoms with Gasteiger partial charge in [-0.1, -0.05) is 6.07 Å². The van der Waals surface area contributed by atoms with Crippen LogP contribution in [-0.2, 0) is 6.42 Å². The number of carbonyl (C=O) groups is 1. The van der Waals surface area contributed by atoms with Gasteiger partial charge in [-0.25, -0.2) is 0 Å². The second kappa shape index (κ2) is 5.45. The van der Waals surface area contributed by atoms with E-state index in [4.69, 9.17) is 5.73 Å². The van der Waals surface area contributed by atoms with E-state index in [1.165, 1.54) is 11.3 Å². The van der Waals surface area contributed by atoms with E-state index in [0.717, 1.165) is 12.1 Å². The van der Waals surface area contributed by atoms with Gasteiger partial charge in [0.1, 0.15) is 4.88 Å². The van der Waals surface area contributed by atoms with E-state index in [2.05, 4.69) is 10.3 Å². The molecular formula is C12H13N3OS. The van der Waals surface area contributed by atoms with Gasteiger partial charge in [0.25, 0.3) is 5.91 Å². The fourth-order valence-electron chi connectivity index (χ4n) is 1.43. The van der Waals surface area contributed by atoms with Crippen molar-refractivity contribution in [2.75, 3.05) is 12.3 Å². The SMILES string of the molecule is Nc1ccsc1C(=O)NCCc1ccccn1. The van der Waals surface area contributed by atoms with Crippen LogP contribution >= 0.6 is 11.3 Å². The molecule has 2 rings (SSSR count). The van der Waals surface area contributed by atoms with Gasteiger partial charge in [-0.15, -0.1) is 11.3 Å². The molecule has 0 radical (unpaired) electrons. The Morgan fingerprint density at radius 2 is 2.29 bits per heavy atom. The molecule has 2 aromatic rings. The molecular weight excluding hydrogens is 234 g/mol. The molecule has 4 nitrogen and oxygen atoms in total. The van der Waals surface area contributed by atoms with Gasteiger partial charge >= 0.3 is 0 Å². The molecule has 0 aliphatic rings. The number of nitrogens with zero attached hydrogens (tertiary/aromatic N) is 1. The fourth-order valence-corrected chi connectivity index (χ4v) is 2.17. The summed E-state index contributed by atoms with van der Waals surface area (Å²) in [7, 11) is 0. The van der Waals surface area contributed by atoms with E-state index < -0.39 is 0 Å². The van der Waals surface area contributed by atoms with E-state index in [-0.39, 0.29) is 5.91 Å². The quantitative estimate of drug-likeness (QED) is 0.864. The molecule has 0 saturated carbocycles. The average molecular weight is 247 g/mol. The van der Waals surface area contributed by atoms with E-state index in [9.17, 15) is 4.79 Å². The first-order valence-corrected chi connectivity index (χ1v) is 6.16. The van der Waals surface area contributed by atoms with Crippen LogP contribution in [-0.4, -0.2) is 17.4 Å². The second-order valence-electron chi connectivity index (χ2n) is 3.53. The van der Waals surface area contributed by atoms with Crippen molar-refractivity contribution in [2.24, 2.45) is 0 Å². The van der Waals surface area contributed by atoms with Crippen LogP contribution in [0.15, 0.2) is 35.8 Å². The van der Waals surface area contributed by atoms with E-state index >= 15 is 0 Å². The first-order valence-electron chi connectivity index (χ1n) is 5.28. The van der Waals surface area contributed by atoms with Crippen molar-refractivity contribution in [2.45, 2.75) is 6.42 Å². The van der Waals surface area contributed by atoms with Crippen LogP contribution in [0.3, 0.4) is 0 Å². The molecule has 0 saturated heterocycles. The number of nitrogens with two attached hydrogens (primary N) is 1. The standard InChI is InChI=1S/C12H13N3OS/c13-10-5-8-17-11(10)12(16)15-7-4-9-3-1-2-6-14-9/h1-3,5-6,8H,4,7,13H2,(H,15,16). The minimum Gasteiger partial charge on any atom is -0.397 e. The second-order valence-corrected chi connectivity index (χ2v) is 4.45. The van der Waals surface area contributed by atoms with Gasteiger partial charge in [0.05, 0.1) is 5.69 Å². The Labute approximate surface area is 103 Å². The van der Waals surface area contributed by atoms with Crippen molar-refractivity contribution in [3.8, 4) is 0 Å². The zero-order valence-electron chi connectivity index (χ0n) is 9.22. The number of thiophene rings is 1. The first kappa shape index (κ1) is 11.6. The largest absolute Gasteiger partial charge is 0.397 e. The molecule has 0 aliphatic heterocycles. The van der Waals surface area contributed by atoms with Crippen molar-refractivity contribution < 1.29 is 4.79 Å². The lowest BCUT2D eigenvalue weighted by molar-refractivity contribution is 0.0959. The Morgan fingerprint density at radius 3 is 2.94 bits per heavy atom. The summed E-state index contributed by atoms with van der Waals surface area (Å²) in [6.07, 6.45) is 2.46. The lowest BCUT2D eigenvalue weighted by atomic mass is 10.2. The lowest BCUT2D eigenvalue weighted by Gasteiger charge is -2.03. The van der Waals surface area contributed by atoms with Crippen LogP contribution in [0.25, 0.3) is 0 Å². The predicted octanol–water partition coefficient (Wildman–Crippen LogP) is 1.70. The number of hydrogen-bond acceptors (Lipinski definition) is 4.